The molecule has 1 aromatic heterocycles. The number of nitrogens with two attached hydrogens (primary N) is 7. The van der Waals surface area contributed by atoms with Crippen LogP contribution in [0.3, 0.4) is 0 Å². The van der Waals surface area contributed by atoms with Crippen molar-refractivity contribution in [2.45, 2.75) is 214 Å². The van der Waals surface area contributed by atoms with Crippen LogP contribution in [0.1, 0.15) is 175 Å². The molecule has 19 atom stereocenters. The maximum absolute atomic E-state index is 14.3. The number of carbonyl (C=O) groups excluding carboxylic acids is 10. The number of halogens is 1. The van der Waals surface area contributed by atoms with Gasteiger partial charge in [-0.15, -0.1) is 0 Å². The van der Waals surface area contributed by atoms with Crippen LogP contribution < -0.4 is 50.3 Å². The van der Waals surface area contributed by atoms with Gasteiger partial charge in [-0.25, -0.2) is 4.98 Å². The minimum absolute atomic E-state index is 0. The van der Waals surface area contributed by atoms with E-state index in [1.165, 1.54) is 55.9 Å². The number of hydrogen-bond donors (Lipinski definition) is 15. The van der Waals surface area contributed by atoms with E-state index < -0.39 is 212 Å². The smallest absolute Gasteiger partial charge is 0.268 e. The molecule has 7 heterocycles. The molecule has 9 aliphatic rings. The van der Waals surface area contributed by atoms with Crippen LogP contribution in [0.15, 0.2) is 102 Å². The number of aliphatic hydroxyl groups is 6. The standard InChI is InChI=1S/C62H88N13O14P.C22H23ClN2O8.CN.Co/c1-29-20-39-40(21-30(29)2)75(28-70-39)57-52(84)53(41(27-76)87-57)89-90(85,86)88-31(3)26-69-49(83)18-19-59(8)37(22-46(66)80)56-62(11)61(10,25-48(68)82)36(14-17-45(65)79)51(74-62)33(5)55-60(9,24-47(67)81)34(12-15-43(63)77)38(71-55)23-42-58(6,7)35(13-16-44(64)78)50(72-42)32(4)54(59)73-56;1-21(32)7-6-8-15(25(2)3)17(28)13(20(24)31)19(30)22(8,33)18(29)11(7)16(27)12-10(26)5-4-9(23)14(12)21;1-2;/h20-21,23,28,31,34-37,41,52-53,57,76,84H,12-19,22,24-27H2,1-11H3,(H2,63,77)(H2,64,78)(H2,65,79)(H2,66,80)(H2,67,81)(H2,68,82)(H,69,83)(H,85,86);4-5,7-8,15,26-27,30,32-33H,6H2,1-3H3,(H2,24,31);;/q;;-1;/p-1/b42-23-,54-32-,55-33-;;;/t;7?,8-,15-,21-,22-;;/m.0../s1. The molecule has 126 heavy (non-hydrogen) atoms. The van der Waals surface area contributed by atoms with E-state index in [2.05, 4.69) is 10.3 Å². The van der Waals surface area contributed by atoms with Crippen molar-refractivity contribution >= 4 is 118 Å². The summed E-state index contributed by atoms with van der Waals surface area (Å²) in [6, 6.07) is 4.95. The van der Waals surface area contributed by atoms with Gasteiger partial charge in [0.2, 0.25) is 47.1 Å². The molecule has 6 aliphatic heterocycles. The Hall–Kier alpha value is -10.1. The maximum Gasteiger partial charge on any atom is 0.268 e. The van der Waals surface area contributed by atoms with E-state index in [-0.39, 0.29) is 122 Å². The number of ketones is 2. The number of phenolic OH excluding ortho intramolecular Hbond substituents is 1. The summed E-state index contributed by atoms with van der Waals surface area (Å²) in [4.78, 5) is 173. The zero-order chi connectivity index (χ0) is 93.5. The molecular formula is C85H110ClCoN16O22P-2. The number of phenols is 1. The number of rotatable bonds is 28. The topological polar surface area (TPSA) is 669 Å². The zero-order valence-electron chi connectivity index (χ0n) is 72.3. The number of carbonyl (C=O) groups is 10. The first-order chi connectivity index (χ1) is 58.0. The first-order valence-corrected chi connectivity index (χ1v) is 42.5. The van der Waals surface area contributed by atoms with Crippen LogP contribution >= 0.6 is 19.4 Å². The molecule has 15 unspecified atom stereocenters. The first kappa shape index (κ1) is 99.7. The summed E-state index contributed by atoms with van der Waals surface area (Å²) in [5.74, 6) is -15.9. The Bertz CT molecular complexity index is 5430. The normalized spacial score (nSPS) is 32.7. The molecular weight excluding hydrogens is 1720 g/mol. The van der Waals surface area contributed by atoms with Gasteiger partial charge in [0.1, 0.15) is 46.7 Å². The summed E-state index contributed by atoms with van der Waals surface area (Å²) in [6.07, 6.45) is -5.20. The van der Waals surface area contributed by atoms with Gasteiger partial charge >= 0.3 is 0 Å². The average Bonchev–Trinajstić information content (AvgIpc) is 1.27. The van der Waals surface area contributed by atoms with Gasteiger partial charge in [0.25, 0.3) is 13.7 Å². The largest absolute Gasteiger partial charge is 0.756 e. The third-order valence-corrected chi connectivity index (χ3v) is 28.7. The molecule has 12 rings (SSSR count). The fourth-order valence-electron chi connectivity index (χ4n) is 20.6. The van der Waals surface area contributed by atoms with Crippen LogP contribution in [0.4, 0.5) is 0 Å². The van der Waals surface area contributed by atoms with Crippen molar-refractivity contribution in [3.8, 4) is 5.75 Å². The Morgan fingerprint density at radius 2 is 1.35 bits per heavy atom. The third-order valence-electron chi connectivity index (χ3n) is 27.3. The van der Waals surface area contributed by atoms with E-state index in [9.17, 15) is 93.1 Å². The average molecular weight is 1830 g/mol. The van der Waals surface area contributed by atoms with Crippen LogP contribution in [-0.2, 0) is 88.7 Å². The Morgan fingerprint density at radius 1 is 0.778 bits per heavy atom. The molecule has 8 bridgehead atoms. The molecule has 0 spiro atoms. The molecule has 1 saturated heterocycles. The quantitative estimate of drug-likeness (QED) is 0.0281. The molecule has 22 N–H and O–H groups in total. The number of phosphoric ester groups is 1. The summed E-state index contributed by atoms with van der Waals surface area (Å²) < 4.78 is 31.9. The van der Waals surface area contributed by atoms with E-state index in [0.717, 1.165) is 11.1 Å². The number of aromatic nitrogens is 2. The number of allylic oxidation sites excluding steroid dienone is 6. The summed E-state index contributed by atoms with van der Waals surface area (Å²) >= 11 is 6.28. The number of primary amides is 7. The number of phosphoric acid groups is 1. The fourth-order valence-corrected chi connectivity index (χ4v) is 22.1. The summed E-state index contributed by atoms with van der Waals surface area (Å²) in [7, 11) is -2.35. The molecule has 41 heteroatoms. The third kappa shape index (κ3) is 17.5. The van der Waals surface area contributed by atoms with Crippen molar-refractivity contribution in [2.75, 3.05) is 27.2 Å². The van der Waals surface area contributed by atoms with Gasteiger partial charge in [0, 0.05) is 164 Å². The van der Waals surface area contributed by atoms with E-state index in [0.29, 0.717) is 56.4 Å². The molecule has 1 saturated carbocycles. The number of aliphatic imine (C=N–C) groups is 4. The predicted octanol–water partition coefficient (Wildman–Crippen LogP) is 3.39. The van der Waals surface area contributed by atoms with Gasteiger partial charge in [-0.2, -0.15) is 0 Å². The van der Waals surface area contributed by atoms with Crippen molar-refractivity contribution in [2.24, 2.45) is 117 Å². The molecule has 685 valence electrons. The molecule has 2 fully saturated rings. The Balaban J connectivity index is 0.000000414. The number of imidazole rings is 1. The van der Waals surface area contributed by atoms with Gasteiger partial charge < -0.3 is 116 Å². The second kappa shape index (κ2) is 36.6. The van der Waals surface area contributed by atoms with Crippen molar-refractivity contribution in [3.05, 3.63) is 116 Å². The van der Waals surface area contributed by atoms with Gasteiger partial charge in [-0.1, -0.05) is 46.2 Å². The van der Waals surface area contributed by atoms with Crippen molar-refractivity contribution in [1.82, 2.24) is 19.8 Å². The van der Waals surface area contributed by atoms with E-state index in [4.69, 9.17) is 97.3 Å². The number of nitrogens with zero attached hydrogens (tertiary/aromatic N) is 8. The van der Waals surface area contributed by atoms with Gasteiger partial charge in [-0.3, -0.25) is 77.4 Å². The second-order valence-electron chi connectivity index (χ2n) is 35.9. The summed E-state index contributed by atoms with van der Waals surface area (Å²) in [5.41, 5.74) is 35.5. The summed E-state index contributed by atoms with van der Waals surface area (Å²) in [5, 5.41) is 85.9. The Labute approximate surface area is 742 Å². The summed E-state index contributed by atoms with van der Waals surface area (Å²) in [6.45, 7) is 24.9. The molecule has 8 amide bonds. The van der Waals surface area contributed by atoms with Crippen LogP contribution in [-0.4, -0.2) is 201 Å². The van der Waals surface area contributed by atoms with Crippen LogP contribution in [0.5, 0.6) is 5.75 Å². The van der Waals surface area contributed by atoms with Crippen molar-refractivity contribution < 1.29 is 124 Å². The van der Waals surface area contributed by atoms with Gasteiger partial charge in [-0.05, 0) is 147 Å². The number of amides is 8. The number of fused-ring (bicyclic) bond motifs is 9. The number of aliphatic hydroxyl groups excluding tert-OH is 4. The van der Waals surface area contributed by atoms with E-state index in [1.54, 1.807) is 27.7 Å². The fraction of sp³-hybridized carbons (Fsp3) is 0.553. The molecule has 1 radical (unpaired) electrons. The second-order valence-corrected chi connectivity index (χ2v) is 37.6. The molecule has 38 nitrogen and oxygen atoms in total. The number of nitrogens with one attached hydrogen (secondary N) is 1. The molecule has 3 aromatic rings. The minimum atomic E-state index is -5.32. The van der Waals surface area contributed by atoms with E-state index in [1.807, 2.05) is 59.8 Å². The molecule has 2 aromatic carbocycles. The maximum atomic E-state index is 14.3. The predicted molar refractivity (Wildman–Crippen MR) is 452 cm³/mol. The number of aromatic hydroxyl groups is 1. The van der Waals surface area contributed by atoms with E-state index >= 15 is 0 Å². The van der Waals surface area contributed by atoms with Crippen molar-refractivity contribution in [3.63, 3.8) is 0 Å². The Kier molecular flexibility index (Phi) is 29.0. The monoisotopic (exact) mass is 1830 g/mol. The van der Waals surface area contributed by atoms with Crippen molar-refractivity contribution in [1.29, 1.82) is 5.26 Å². The number of likely N-dealkylation sites (N-methyl/N-ethyl adjacent to an activating group) is 1. The number of hydrogen-bond acceptors (Lipinski definition) is 29. The van der Waals surface area contributed by atoms with Gasteiger partial charge in [0.15, 0.2) is 17.6 Å². The SMILES string of the molecule is C/C1=C2N=C(/C=C3N=C(/C(C)=C4\N=C(C(CC(N)=O)C4(C)CCC(=O)NCC(C)OP(=O)([O-])OC4C(CO)OC(n5cnc6cc(C)c(C)cc65)C4O)C4(C)N=C1C(CCC(N)=O)C4(C)CC(N)=O)C(CCC(N)=O)C\3(C)C)C(CCC(N)=O)C/2(C)CC(N)=O.CN(C)[C@@H]1C(=O)C(C(N)=O)=C(O)[C@@]2(O)C(=O)C3=C(O)c4c(O)ccc(Cl)c4[C@@](C)(O)C3C[C@@H]12.[C-]#N.[Co]. The van der Waals surface area contributed by atoms with Crippen LogP contribution in [0.2, 0.25) is 5.02 Å². The number of aryl methyl sites for hydroxylation is 2. The number of benzene rings is 2. The number of Topliss-reactive ketones (excluding diaryl/α,β-unsaturated/α-hetero) is 2. The van der Waals surface area contributed by atoms with Gasteiger partial charge in [0.05, 0.1) is 64.4 Å². The Morgan fingerprint density at radius 3 is 1.91 bits per heavy atom. The van der Waals surface area contributed by atoms with Crippen LogP contribution in [0, 0.1) is 82.8 Å². The number of ether oxygens (including phenoxy) is 1. The van der Waals surface area contributed by atoms with Crippen LogP contribution in [0.25, 0.3) is 16.8 Å². The minimum Gasteiger partial charge on any atom is -0.756 e. The molecule has 3 aliphatic carbocycles. The first-order valence-electron chi connectivity index (χ1n) is 40.7. The zero-order valence-corrected chi connectivity index (χ0v) is 75.0.